The van der Waals surface area contributed by atoms with Crippen molar-refractivity contribution in [2.24, 2.45) is 0 Å². The lowest BCUT2D eigenvalue weighted by atomic mass is 10.2. The van der Waals surface area contributed by atoms with Gasteiger partial charge in [-0.1, -0.05) is 17.7 Å². The van der Waals surface area contributed by atoms with Crippen LogP contribution in [0.25, 0.3) is 0 Å². The number of aromatic nitrogens is 1. The number of hydrogen-bond donors (Lipinski definition) is 2. The predicted octanol–water partition coefficient (Wildman–Crippen LogP) is 2.72. The Bertz CT molecular complexity index is 699. The van der Waals surface area contributed by atoms with Gasteiger partial charge in [-0.3, -0.25) is 14.6 Å². The van der Waals surface area contributed by atoms with E-state index in [9.17, 15) is 9.59 Å². The largest absolute Gasteiger partial charge is 0.343 e. The Hall–Kier alpha value is -2.40. The molecular formula is C16H16ClN3O2. The summed E-state index contributed by atoms with van der Waals surface area (Å²) in [4.78, 5) is 27.8. The van der Waals surface area contributed by atoms with Crippen molar-refractivity contribution in [1.29, 1.82) is 0 Å². The lowest BCUT2D eigenvalue weighted by Gasteiger charge is -2.10. The zero-order chi connectivity index (χ0) is 16.1. The molecule has 5 nitrogen and oxygen atoms in total. The van der Waals surface area contributed by atoms with Gasteiger partial charge in [-0.15, -0.1) is 0 Å². The highest BCUT2D eigenvalue weighted by Crippen LogP contribution is 2.22. The van der Waals surface area contributed by atoms with Crippen LogP contribution in [0.5, 0.6) is 0 Å². The summed E-state index contributed by atoms with van der Waals surface area (Å²) in [5.74, 6) is -0.663. The number of nitrogens with zero attached hydrogens (tertiary/aromatic N) is 1. The normalized spacial score (nSPS) is 10.1. The lowest BCUT2D eigenvalue weighted by Crippen LogP contribution is -2.33. The number of hydrogen-bond acceptors (Lipinski definition) is 3. The molecule has 0 spiro atoms. The van der Waals surface area contributed by atoms with Crippen LogP contribution in [-0.2, 0) is 4.79 Å². The fraction of sp³-hybridized carbons (Fsp3) is 0.188. The number of carbonyl (C=O) groups excluding carboxylic acids is 2. The number of benzene rings is 1. The first-order valence-electron chi connectivity index (χ1n) is 6.73. The molecular weight excluding hydrogens is 302 g/mol. The molecule has 0 fully saturated rings. The van der Waals surface area contributed by atoms with Crippen molar-refractivity contribution in [2.75, 3.05) is 11.9 Å². The van der Waals surface area contributed by atoms with E-state index in [1.54, 1.807) is 30.3 Å². The first-order chi connectivity index (χ1) is 10.5. The summed E-state index contributed by atoms with van der Waals surface area (Å²) >= 11 is 5.99. The van der Waals surface area contributed by atoms with Crippen LogP contribution in [0.1, 0.15) is 21.6 Å². The van der Waals surface area contributed by atoms with E-state index in [1.165, 1.54) is 6.20 Å². The van der Waals surface area contributed by atoms with E-state index in [1.807, 2.05) is 13.8 Å². The zero-order valence-corrected chi connectivity index (χ0v) is 13.1. The molecule has 0 bridgehead atoms. The van der Waals surface area contributed by atoms with E-state index < -0.39 is 0 Å². The third-order valence-electron chi connectivity index (χ3n) is 3.12. The van der Waals surface area contributed by atoms with Crippen LogP contribution >= 0.6 is 11.6 Å². The Balaban J connectivity index is 1.91. The number of carbonyl (C=O) groups is 2. The molecule has 1 aromatic carbocycles. The standard InChI is InChI=1S/C16H16ClN3O2/c1-10-6-7-12(8-18-10)16(22)19-9-15(21)20-14-5-3-4-13(17)11(14)2/h3-8H,9H2,1-2H3,(H,19,22)(H,20,21). The van der Waals surface area contributed by atoms with Crippen molar-refractivity contribution in [3.63, 3.8) is 0 Å². The Morgan fingerprint density at radius 2 is 1.95 bits per heavy atom. The molecule has 0 aliphatic rings. The van der Waals surface area contributed by atoms with Crippen LogP contribution in [0.3, 0.4) is 0 Å². The molecule has 0 aliphatic carbocycles. The number of rotatable bonds is 4. The molecule has 1 heterocycles. The molecule has 6 heteroatoms. The van der Waals surface area contributed by atoms with Gasteiger partial charge in [0.15, 0.2) is 0 Å². The molecule has 0 saturated carbocycles. The number of halogens is 1. The summed E-state index contributed by atoms with van der Waals surface area (Å²) in [6, 6.07) is 8.66. The van der Waals surface area contributed by atoms with Crippen LogP contribution in [0.4, 0.5) is 5.69 Å². The average Bonchev–Trinajstić information content (AvgIpc) is 2.50. The summed E-state index contributed by atoms with van der Waals surface area (Å²) < 4.78 is 0. The Labute approximate surface area is 133 Å². The molecule has 2 amide bonds. The summed E-state index contributed by atoms with van der Waals surface area (Å²) in [5, 5.41) is 5.84. The fourth-order valence-electron chi connectivity index (χ4n) is 1.80. The SMILES string of the molecule is Cc1ccc(C(=O)NCC(=O)Nc2cccc(Cl)c2C)cn1. The predicted molar refractivity (Wildman–Crippen MR) is 86.1 cm³/mol. The summed E-state index contributed by atoms with van der Waals surface area (Å²) in [6.07, 6.45) is 1.48. The molecule has 1 aromatic heterocycles. The molecule has 2 N–H and O–H groups in total. The second-order valence-electron chi connectivity index (χ2n) is 4.83. The van der Waals surface area contributed by atoms with E-state index in [2.05, 4.69) is 15.6 Å². The minimum atomic E-state index is -0.342. The van der Waals surface area contributed by atoms with Crippen LogP contribution in [0, 0.1) is 13.8 Å². The Kier molecular flexibility index (Phi) is 5.12. The number of anilines is 1. The molecule has 0 unspecified atom stereocenters. The van der Waals surface area contributed by atoms with Crippen molar-refractivity contribution >= 4 is 29.1 Å². The van der Waals surface area contributed by atoms with Crippen LogP contribution in [0.2, 0.25) is 5.02 Å². The molecule has 22 heavy (non-hydrogen) atoms. The van der Waals surface area contributed by atoms with E-state index >= 15 is 0 Å². The van der Waals surface area contributed by atoms with Crippen molar-refractivity contribution in [2.45, 2.75) is 13.8 Å². The summed E-state index contributed by atoms with van der Waals surface area (Å²) in [7, 11) is 0. The Morgan fingerprint density at radius 1 is 1.18 bits per heavy atom. The second-order valence-corrected chi connectivity index (χ2v) is 5.24. The van der Waals surface area contributed by atoms with Gasteiger partial charge >= 0.3 is 0 Å². The van der Waals surface area contributed by atoms with Crippen molar-refractivity contribution in [3.8, 4) is 0 Å². The maximum absolute atomic E-state index is 11.9. The molecule has 0 atom stereocenters. The maximum atomic E-state index is 11.9. The number of nitrogens with one attached hydrogen (secondary N) is 2. The number of pyridine rings is 1. The van der Waals surface area contributed by atoms with Crippen molar-refractivity contribution in [3.05, 3.63) is 58.4 Å². The van der Waals surface area contributed by atoms with Gasteiger partial charge < -0.3 is 10.6 Å². The highest BCUT2D eigenvalue weighted by atomic mass is 35.5. The van der Waals surface area contributed by atoms with Gasteiger partial charge in [0.05, 0.1) is 12.1 Å². The van der Waals surface area contributed by atoms with Gasteiger partial charge in [0, 0.05) is 22.6 Å². The second kappa shape index (κ2) is 7.04. The number of amides is 2. The third kappa shape index (κ3) is 4.05. The van der Waals surface area contributed by atoms with Crippen LogP contribution in [0.15, 0.2) is 36.5 Å². The number of aryl methyl sites for hydroxylation is 1. The fourth-order valence-corrected chi connectivity index (χ4v) is 1.98. The average molecular weight is 318 g/mol. The highest BCUT2D eigenvalue weighted by molar-refractivity contribution is 6.31. The molecule has 0 aliphatic heterocycles. The van der Waals surface area contributed by atoms with Crippen molar-refractivity contribution in [1.82, 2.24) is 10.3 Å². The zero-order valence-electron chi connectivity index (χ0n) is 12.3. The van der Waals surface area contributed by atoms with Gasteiger partial charge in [0.25, 0.3) is 5.91 Å². The monoisotopic (exact) mass is 317 g/mol. The summed E-state index contributed by atoms with van der Waals surface area (Å²) in [6.45, 7) is 3.52. The first-order valence-corrected chi connectivity index (χ1v) is 7.11. The molecule has 0 saturated heterocycles. The maximum Gasteiger partial charge on any atom is 0.253 e. The molecule has 2 aromatic rings. The smallest absolute Gasteiger partial charge is 0.253 e. The van der Waals surface area contributed by atoms with Crippen LogP contribution in [-0.4, -0.2) is 23.3 Å². The van der Waals surface area contributed by atoms with E-state index in [0.29, 0.717) is 16.3 Å². The minimum absolute atomic E-state index is 0.126. The van der Waals surface area contributed by atoms with Gasteiger partial charge in [-0.2, -0.15) is 0 Å². The van der Waals surface area contributed by atoms with Crippen LogP contribution < -0.4 is 10.6 Å². The minimum Gasteiger partial charge on any atom is -0.343 e. The summed E-state index contributed by atoms with van der Waals surface area (Å²) in [5.41, 5.74) is 2.65. The molecule has 114 valence electrons. The molecule has 0 radical (unpaired) electrons. The quantitative estimate of drug-likeness (QED) is 0.910. The third-order valence-corrected chi connectivity index (χ3v) is 3.53. The van der Waals surface area contributed by atoms with Gasteiger partial charge in [-0.25, -0.2) is 0 Å². The van der Waals surface area contributed by atoms with Gasteiger partial charge in [0.2, 0.25) is 5.91 Å². The van der Waals surface area contributed by atoms with Crippen molar-refractivity contribution < 1.29 is 9.59 Å². The molecule has 2 rings (SSSR count). The van der Waals surface area contributed by atoms with E-state index in [0.717, 1.165) is 11.3 Å². The van der Waals surface area contributed by atoms with Gasteiger partial charge in [-0.05, 0) is 43.7 Å². The van der Waals surface area contributed by atoms with E-state index in [-0.39, 0.29) is 18.4 Å². The first kappa shape index (κ1) is 16.0. The van der Waals surface area contributed by atoms with Gasteiger partial charge in [0.1, 0.15) is 0 Å². The van der Waals surface area contributed by atoms with E-state index in [4.69, 9.17) is 11.6 Å². The Morgan fingerprint density at radius 3 is 2.64 bits per heavy atom. The highest BCUT2D eigenvalue weighted by Gasteiger charge is 2.10. The topological polar surface area (TPSA) is 71.1 Å². The lowest BCUT2D eigenvalue weighted by molar-refractivity contribution is -0.115.